The van der Waals surface area contributed by atoms with Gasteiger partial charge in [-0.15, -0.1) is 0 Å². The van der Waals surface area contributed by atoms with Gasteiger partial charge >= 0.3 is 39.5 Å². The third-order valence-corrected chi connectivity index (χ3v) is 16.7. The third kappa shape index (κ3) is 59.0. The van der Waals surface area contributed by atoms with Crippen molar-refractivity contribution in [3.05, 3.63) is 0 Å². The van der Waals surface area contributed by atoms with Gasteiger partial charge in [-0.25, -0.2) is 9.13 Å². The molecular formula is C65H126O17P2. The lowest BCUT2D eigenvalue weighted by Gasteiger charge is -2.21. The molecule has 0 aliphatic heterocycles. The molecule has 0 rings (SSSR count). The molecule has 5 atom stereocenters. The van der Waals surface area contributed by atoms with Gasteiger partial charge in [-0.2, -0.15) is 0 Å². The molecule has 0 heterocycles. The SMILES string of the molecule is CC(C)CCCCCCCCCCCCCCC(=O)OC[C@H](COP(=O)(O)OCC(O)COP(=O)(O)OC[C@@H](COC(=O)CCCCCCCCCCC(C)C)OC(=O)CCCCCCCCC(C)C)OC(=O)CCCCCCCCC(C)C. The van der Waals surface area contributed by atoms with Crippen LogP contribution in [0.15, 0.2) is 0 Å². The van der Waals surface area contributed by atoms with Gasteiger partial charge in [-0.05, 0) is 49.4 Å². The summed E-state index contributed by atoms with van der Waals surface area (Å²) in [5, 5.41) is 10.5. The van der Waals surface area contributed by atoms with Crippen LogP contribution in [0.3, 0.4) is 0 Å². The minimum Gasteiger partial charge on any atom is -0.462 e. The Bertz CT molecular complexity index is 1680. The van der Waals surface area contributed by atoms with Crippen LogP contribution in [0.25, 0.3) is 0 Å². The Balaban J connectivity index is 5.20. The Morgan fingerprint density at radius 1 is 0.298 bits per heavy atom. The van der Waals surface area contributed by atoms with Crippen molar-refractivity contribution in [3.63, 3.8) is 0 Å². The molecule has 0 bridgehead atoms. The second-order valence-electron chi connectivity index (χ2n) is 25.4. The average Bonchev–Trinajstić information content (AvgIpc) is 3.49. The number of rotatable bonds is 62. The molecule has 0 fully saturated rings. The molecule has 0 spiro atoms. The van der Waals surface area contributed by atoms with E-state index < -0.39 is 97.5 Å². The zero-order chi connectivity index (χ0) is 62.5. The van der Waals surface area contributed by atoms with Crippen LogP contribution in [0.1, 0.15) is 312 Å². The lowest BCUT2D eigenvalue weighted by atomic mass is 10.0. The van der Waals surface area contributed by atoms with Crippen LogP contribution in [0, 0.1) is 23.7 Å². The maximum Gasteiger partial charge on any atom is 0.472 e. The molecule has 0 aliphatic carbocycles. The van der Waals surface area contributed by atoms with Crippen molar-refractivity contribution in [2.75, 3.05) is 39.6 Å². The van der Waals surface area contributed by atoms with Crippen LogP contribution >= 0.6 is 15.6 Å². The Morgan fingerprint density at radius 3 is 0.738 bits per heavy atom. The molecule has 3 N–H and O–H groups in total. The number of aliphatic hydroxyl groups excluding tert-OH is 1. The van der Waals surface area contributed by atoms with Crippen LogP contribution in [0.4, 0.5) is 0 Å². The predicted octanol–water partition coefficient (Wildman–Crippen LogP) is 17.8. The van der Waals surface area contributed by atoms with Gasteiger partial charge in [0, 0.05) is 25.7 Å². The molecule has 0 aliphatic rings. The monoisotopic (exact) mass is 1240 g/mol. The maximum absolute atomic E-state index is 13.0. The Morgan fingerprint density at radius 2 is 0.500 bits per heavy atom. The van der Waals surface area contributed by atoms with Crippen molar-refractivity contribution in [2.24, 2.45) is 23.7 Å². The number of carbonyl (C=O) groups excluding carboxylic acids is 4. The molecule has 0 aromatic heterocycles. The summed E-state index contributed by atoms with van der Waals surface area (Å²) in [6.07, 6.45) is 35.2. The van der Waals surface area contributed by atoms with Gasteiger partial charge in [0.05, 0.1) is 26.4 Å². The highest BCUT2D eigenvalue weighted by Gasteiger charge is 2.30. The second kappa shape index (κ2) is 55.2. The lowest BCUT2D eigenvalue weighted by Crippen LogP contribution is -2.30. The first-order chi connectivity index (χ1) is 40.1. The van der Waals surface area contributed by atoms with Crippen LogP contribution in [0.2, 0.25) is 0 Å². The van der Waals surface area contributed by atoms with E-state index in [0.717, 1.165) is 102 Å². The molecule has 3 unspecified atom stereocenters. The van der Waals surface area contributed by atoms with E-state index >= 15 is 0 Å². The van der Waals surface area contributed by atoms with E-state index in [-0.39, 0.29) is 25.7 Å². The number of carbonyl (C=O) groups is 4. The molecule has 0 amide bonds. The lowest BCUT2D eigenvalue weighted by molar-refractivity contribution is -0.161. The fourth-order valence-corrected chi connectivity index (χ4v) is 11.2. The zero-order valence-electron chi connectivity index (χ0n) is 54.5. The van der Waals surface area contributed by atoms with Crippen LogP contribution in [-0.2, 0) is 65.4 Å². The summed E-state index contributed by atoms with van der Waals surface area (Å²) in [4.78, 5) is 72.2. The molecule has 17 nitrogen and oxygen atoms in total. The van der Waals surface area contributed by atoms with Crippen LogP contribution in [0.5, 0.6) is 0 Å². The minimum absolute atomic E-state index is 0.101. The number of ether oxygens (including phenoxy) is 4. The number of unbranched alkanes of at least 4 members (excludes halogenated alkanes) is 28. The van der Waals surface area contributed by atoms with E-state index in [1.807, 2.05) is 0 Å². The Kier molecular flexibility index (Phi) is 53.9. The summed E-state index contributed by atoms with van der Waals surface area (Å²) in [6, 6.07) is 0. The summed E-state index contributed by atoms with van der Waals surface area (Å²) < 4.78 is 68.0. The van der Waals surface area contributed by atoms with Crippen molar-refractivity contribution in [2.45, 2.75) is 331 Å². The highest BCUT2D eigenvalue weighted by atomic mass is 31.2. The van der Waals surface area contributed by atoms with E-state index in [9.17, 15) is 43.2 Å². The van der Waals surface area contributed by atoms with E-state index in [1.54, 1.807) is 0 Å². The molecule has 19 heteroatoms. The smallest absolute Gasteiger partial charge is 0.462 e. The van der Waals surface area contributed by atoms with E-state index in [1.165, 1.54) is 116 Å². The van der Waals surface area contributed by atoms with Crippen molar-refractivity contribution in [1.29, 1.82) is 0 Å². The molecule has 0 aromatic rings. The molecule has 0 saturated carbocycles. The van der Waals surface area contributed by atoms with Crippen molar-refractivity contribution >= 4 is 39.5 Å². The zero-order valence-corrected chi connectivity index (χ0v) is 56.3. The summed E-state index contributed by atoms with van der Waals surface area (Å²) in [6.45, 7) is 13.9. The summed E-state index contributed by atoms with van der Waals surface area (Å²) >= 11 is 0. The molecule has 0 radical (unpaired) electrons. The van der Waals surface area contributed by atoms with Gasteiger partial charge in [0.1, 0.15) is 19.3 Å². The van der Waals surface area contributed by atoms with Gasteiger partial charge in [0.2, 0.25) is 0 Å². The van der Waals surface area contributed by atoms with Crippen LogP contribution in [-0.4, -0.2) is 96.7 Å². The number of hydrogen-bond acceptors (Lipinski definition) is 15. The minimum atomic E-state index is -4.95. The van der Waals surface area contributed by atoms with Gasteiger partial charge < -0.3 is 33.8 Å². The van der Waals surface area contributed by atoms with Gasteiger partial charge in [-0.1, -0.05) is 261 Å². The van der Waals surface area contributed by atoms with E-state index in [0.29, 0.717) is 37.5 Å². The highest BCUT2D eigenvalue weighted by Crippen LogP contribution is 2.45. The molecule has 0 saturated heterocycles. The standard InChI is InChI=1S/C65H126O17P2/c1-55(2)41-33-25-17-13-11-9-10-12-14-19-29-37-45-62(67)75-51-60(81-64(69)47-39-31-23-21-27-35-43-57(5)6)53-79-83(71,72)77-49-59(66)50-78-84(73,74)80-54-61(82-65(70)48-40-32-24-22-28-36-44-58(7)8)52-76-63(68)46-38-30-20-16-15-18-26-34-42-56(3)4/h55-61,66H,9-54H2,1-8H3,(H,71,72)(H,73,74)/t59?,60-,61-/m1/s1. The van der Waals surface area contributed by atoms with Crippen molar-refractivity contribution in [1.82, 2.24) is 0 Å². The molecule has 84 heavy (non-hydrogen) atoms. The third-order valence-electron chi connectivity index (χ3n) is 14.8. The first-order valence-electron chi connectivity index (χ1n) is 33.7. The fourth-order valence-electron chi connectivity index (χ4n) is 9.61. The number of phosphoric acid groups is 2. The van der Waals surface area contributed by atoms with E-state index in [2.05, 4.69) is 55.4 Å². The predicted molar refractivity (Wildman–Crippen MR) is 335 cm³/mol. The maximum atomic E-state index is 13.0. The fraction of sp³-hybridized carbons (Fsp3) is 0.938. The van der Waals surface area contributed by atoms with Crippen molar-refractivity contribution < 1.29 is 80.2 Å². The number of hydrogen-bond donors (Lipinski definition) is 3. The molecular weight excluding hydrogens is 1110 g/mol. The van der Waals surface area contributed by atoms with Gasteiger partial charge in [-0.3, -0.25) is 37.3 Å². The Labute approximate surface area is 511 Å². The normalized spacial score (nSPS) is 14.4. The first kappa shape index (κ1) is 82.1. The average molecular weight is 1240 g/mol. The quantitative estimate of drug-likeness (QED) is 0.0222. The summed E-state index contributed by atoms with van der Waals surface area (Å²) in [5.74, 6) is 0.702. The largest absolute Gasteiger partial charge is 0.472 e. The second-order valence-corrected chi connectivity index (χ2v) is 28.3. The van der Waals surface area contributed by atoms with Crippen molar-refractivity contribution in [3.8, 4) is 0 Å². The van der Waals surface area contributed by atoms with Gasteiger partial charge in [0.15, 0.2) is 12.2 Å². The Hall–Kier alpha value is -1.94. The first-order valence-corrected chi connectivity index (χ1v) is 36.7. The summed E-state index contributed by atoms with van der Waals surface area (Å²) in [7, 11) is -9.89. The molecule has 498 valence electrons. The number of aliphatic hydroxyl groups is 1. The molecule has 0 aromatic carbocycles. The highest BCUT2D eigenvalue weighted by molar-refractivity contribution is 7.47. The van der Waals surface area contributed by atoms with Crippen LogP contribution < -0.4 is 0 Å². The summed E-state index contributed by atoms with van der Waals surface area (Å²) in [5.41, 5.74) is 0. The van der Waals surface area contributed by atoms with E-state index in [4.69, 9.17) is 37.0 Å². The number of esters is 4. The topological polar surface area (TPSA) is 237 Å². The van der Waals surface area contributed by atoms with Gasteiger partial charge in [0.25, 0.3) is 0 Å². The number of phosphoric ester groups is 2.